The van der Waals surface area contributed by atoms with Gasteiger partial charge in [-0.2, -0.15) is 5.10 Å². The van der Waals surface area contributed by atoms with E-state index in [2.05, 4.69) is 25.1 Å². The molecular formula is C23H24N6O4S2. The summed E-state index contributed by atoms with van der Waals surface area (Å²) in [6.07, 6.45) is 1.40. The number of benzene rings is 1. The van der Waals surface area contributed by atoms with Gasteiger partial charge in [0.15, 0.2) is 5.82 Å². The third kappa shape index (κ3) is 5.66. The van der Waals surface area contributed by atoms with Crippen molar-refractivity contribution >= 4 is 33.0 Å². The smallest absolute Gasteiger partial charge is 0.271 e. The quantitative estimate of drug-likeness (QED) is 0.367. The highest BCUT2D eigenvalue weighted by atomic mass is 32.2. The molecule has 1 aromatic carbocycles. The molecule has 3 heterocycles. The summed E-state index contributed by atoms with van der Waals surface area (Å²) in [6.45, 7) is 7.61. The molecule has 0 bridgehead atoms. The van der Waals surface area contributed by atoms with Crippen LogP contribution in [0.15, 0.2) is 53.0 Å². The Kier molecular flexibility index (Phi) is 6.85. The summed E-state index contributed by atoms with van der Waals surface area (Å²) in [7, 11) is -3.76. The van der Waals surface area contributed by atoms with Crippen LogP contribution in [0.2, 0.25) is 0 Å². The van der Waals surface area contributed by atoms with Crippen LogP contribution in [0, 0.1) is 20.8 Å². The number of hydrogen-bond acceptors (Lipinski definition) is 8. The summed E-state index contributed by atoms with van der Waals surface area (Å²) < 4.78 is 35.7. The molecule has 0 saturated heterocycles. The molecule has 0 fully saturated rings. The molecule has 182 valence electrons. The van der Waals surface area contributed by atoms with Crippen LogP contribution in [-0.4, -0.2) is 34.1 Å². The van der Waals surface area contributed by atoms with Crippen molar-refractivity contribution < 1.29 is 17.9 Å². The first kappa shape index (κ1) is 24.4. The number of carbonyl (C=O) groups is 1. The van der Waals surface area contributed by atoms with Crippen LogP contribution in [0.25, 0.3) is 5.82 Å². The molecule has 0 spiro atoms. The number of aryl methyl sites for hydroxylation is 1. The molecule has 0 aliphatic heterocycles. The van der Waals surface area contributed by atoms with Crippen molar-refractivity contribution in [1.82, 2.24) is 25.1 Å². The van der Waals surface area contributed by atoms with E-state index in [1.807, 2.05) is 20.8 Å². The molecule has 10 nitrogen and oxygen atoms in total. The molecule has 2 N–H and O–H groups in total. The Morgan fingerprint density at radius 2 is 1.83 bits per heavy atom. The van der Waals surface area contributed by atoms with Crippen LogP contribution in [-0.2, 0) is 21.4 Å². The number of aromatic nitrogens is 4. The average molecular weight is 513 g/mol. The molecule has 0 aliphatic carbocycles. The number of anilines is 1. The van der Waals surface area contributed by atoms with Gasteiger partial charge in [0.05, 0.1) is 12.2 Å². The number of nitrogens with one attached hydrogen (secondary N) is 2. The molecule has 0 atom stereocenters. The zero-order valence-electron chi connectivity index (χ0n) is 19.6. The van der Waals surface area contributed by atoms with Crippen LogP contribution >= 0.6 is 11.3 Å². The first-order valence-corrected chi connectivity index (χ1v) is 12.9. The summed E-state index contributed by atoms with van der Waals surface area (Å²) in [5, 5.41) is 7.16. The predicted molar refractivity (Wildman–Crippen MR) is 133 cm³/mol. The van der Waals surface area contributed by atoms with Gasteiger partial charge in [0.25, 0.3) is 10.0 Å². The maximum absolute atomic E-state index is 12.7. The first-order valence-electron chi connectivity index (χ1n) is 10.6. The molecule has 0 radical (unpaired) electrons. The van der Waals surface area contributed by atoms with Crippen molar-refractivity contribution in [3.05, 3.63) is 70.6 Å². The van der Waals surface area contributed by atoms with E-state index in [0.717, 1.165) is 33.2 Å². The van der Waals surface area contributed by atoms with E-state index < -0.39 is 10.0 Å². The molecule has 0 saturated carbocycles. The number of hydrogen-bond donors (Lipinski definition) is 2. The molecule has 4 aromatic rings. The van der Waals surface area contributed by atoms with E-state index in [4.69, 9.17) is 4.74 Å². The van der Waals surface area contributed by atoms with Gasteiger partial charge in [0, 0.05) is 29.2 Å². The van der Waals surface area contributed by atoms with Gasteiger partial charge in [0.2, 0.25) is 11.8 Å². The summed E-state index contributed by atoms with van der Waals surface area (Å²) in [5.41, 5.74) is 3.39. The maximum Gasteiger partial charge on any atom is 0.271 e. The largest absolute Gasteiger partial charge is 0.439 e. The second-order valence-electron chi connectivity index (χ2n) is 7.78. The molecule has 1 amide bonds. The molecule has 4 rings (SSSR count). The highest BCUT2D eigenvalue weighted by Gasteiger charge is 2.17. The summed E-state index contributed by atoms with van der Waals surface area (Å²) in [4.78, 5) is 20.2. The zero-order chi connectivity index (χ0) is 25.2. The highest BCUT2D eigenvalue weighted by molar-refractivity contribution is 7.94. The van der Waals surface area contributed by atoms with Gasteiger partial charge in [-0.25, -0.2) is 23.1 Å². The van der Waals surface area contributed by atoms with E-state index in [-0.39, 0.29) is 16.7 Å². The van der Waals surface area contributed by atoms with Crippen molar-refractivity contribution in [3.8, 4) is 17.4 Å². The highest BCUT2D eigenvalue weighted by Crippen LogP contribution is 2.27. The average Bonchev–Trinajstić information content (AvgIpc) is 3.40. The van der Waals surface area contributed by atoms with E-state index in [9.17, 15) is 13.2 Å². The van der Waals surface area contributed by atoms with E-state index in [0.29, 0.717) is 23.1 Å². The van der Waals surface area contributed by atoms with Crippen molar-refractivity contribution in [1.29, 1.82) is 0 Å². The van der Waals surface area contributed by atoms with Gasteiger partial charge in [-0.1, -0.05) is 0 Å². The Morgan fingerprint density at radius 3 is 2.49 bits per heavy atom. The van der Waals surface area contributed by atoms with Gasteiger partial charge >= 0.3 is 0 Å². The van der Waals surface area contributed by atoms with Crippen molar-refractivity contribution in [2.24, 2.45) is 0 Å². The van der Waals surface area contributed by atoms with Crippen LogP contribution in [0.3, 0.4) is 0 Å². The first-order chi connectivity index (χ1) is 16.6. The third-order valence-electron chi connectivity index (χ3n) is 5.24. The molecule has 12 heteroatoms. The number of rotatable bonds is 8. The van der Waals surface area contributed by atoms with Crippen LogP contribution < -0.4 is 14.8 Å². The number of nitrogens with zero attached hydrogens (tertiary/aromatic N) is 4. The fourth-order valence-corrected chi connectivity index (χ4v) is 5.53. The van der Waals surface area contributed by atoms with E-state index >= 15 is 0 Å². The molecule has 3 aromatic heterocycles. The fourth-order valence-electron chi connectivity index (χ4n) is 3.17. The van der Waals surface area contributed by atoms with E-state index in [1.54, 1.807) is 41.1 Å². The van der Waals surface area contributed by atoms with E-state index in [1.165, 1.54) is 19.3 Å². The minimum absolute atomic E-state index is 0.158. The number of thiophene rings is 1. The fraction of sp³-hybridized carbons (Fsp3) is 0.217. The van der Waals surface area contributed by atoms with Gasteiger partial charge in [-0.05, 0) is 62.7 Å². The molecule has 0 unspecified atom stereocenters. The summed E-state index contributed by atoms with van der Waals surface area (Å²) in [6, 6.07) is 11.4. The Bertz CT molecular complexity index is 1480. The topological polar surface area (TPSA) is 128 Å². The monoisotopic (exact) mass is 512 g/mol. The second-order valence-corrected chi connectivity index (χ2v) is 10.9. The minimum Gasteiger partial charge on any atom is -0.439 e. The lowest BCUT2D eigenvalue weighted by atomic mass is 10.2. The van der Waals surface area contributed by atoms with Crippen LogP contribution in [0.5, 0.6) is 11.6 Å². The molecular weight excluding hydrogens is 488 g/mol. The van der Waals surface area contributed by atoms with Crippen molar-refractivity contribution in [2.75, 3.05) is 4.72 Å². The molecule has 0 aliphatic rings. The lowest BCUT2D eigenvalue weighted by Gasteiger charge is -2.09. The van der Waals surface area contributed by atoms with Crippen LogP contribution in [0.1, 0.15) is 28.8 Å². The number of sulfonamides is 1. The Hall–Kier alpha value is -3.77. The standard InChI is InChI=1S/C23H24N6O4S2/c1-14-15(2)27-29(16(14)3)21-11-22(26-13-25-21)33-19-7-5-18(6-8-19)28-35(31,32)23-10-9-20(34-23)12-24-17(4)30/h5-11,13,28H,12H2,1-4H3,(H,24,30). The maximum atomic E-state index is 12.7. The zero-order valence-corrected chi connectivity index (χ0v) is 21.2. The summed E-state index contributed by atoms with van der Waals surface area (Å²) >= 11 is 1.10. The Balaban J connectivity index is 1.44. The van der Waals surface area contributed by atoms with Gasteiger partial charge in [-0.15, -0.1) is 11.3 Å². The van der Waals surface area contributed by atoms with Crippen molar-refractivity contribution in [2.45, 2.75) is 38.4 Å². The second kappa shape index (κ2) is 9.84. The Labute approximate surface area is 207 Å². The number of amides is 1. The Morgan fingerprint density at radius 1 is 1.09 bits per heavy atom. The number of ether oxygens (including phenoxy) is 1. The normalized spacial score (nSPS) is 11.3. The minimum atomic E-state index is -3.76. The lowest BCUT2D eigenvalue weighted by Crippen LogP contribution is -2.18. The van der Waals surface area contributed by atoms with Gasteiger partial charge in [0.1, 0.15) is 16.3 Å². The summed E-state index contributed by atoms with van der Waals surface area (Å²) in [5.74, 6) is 1.22. The van der Waals surface area contributed by atoms with Gasteiger partial charge in [-0.3, -0.25) is 9.52 Å². The van der Waals surface area contributed by atoms with Crippen LogP contribution in [0.4, 0.5) is 5.69 Å². The molecule has 35 heavy (non-hydrogen) atoms. The third-order valence-corrected chi connectivity index (χ3v) is 8.20. The number of carbonyl (C=O) groups excluding carboxylic acids is 1. The van der Waals surface area contributed by atoms with Crippen molar-refractivity contribution in [3.63, 3.8) is 0 Å². The lowest BCUT2D eigenvalue weighted by molar-refractivity contribution is -0.119. The van der Waals surface area contributed by atoms with Gasteiger partial charge < -0.3 is 10.1 Å². The predicted octanol–water partition coefficient (Wildman–Crippen LogP) is 3.88. The SMILES string of the molecule is CC(=O)NCc1ccc(S(=O)(=O)Nc2ccc(Oc3cc(-n4nc(C)c(C)c4C)ncn3)cc2)s1.